The number of nitrogens with one attached hydrogen (secondary N) is 2. The van der Waals surface area contributed by atoms with Gasteiger partial charge in [0.2, 0.25) is 0 Å². The molecule has 284 valence electrons. The van der Waals surface area contributed by atoms with E-state index in [-0.39, 0.29) is 12.6 Å². The third-order valence-corrected chi connectivity index (χ3v) is 12.6. The number of hydrogen-bond acceptors (Lipinski definition) is 10. The molecule has 10 atom stereocenters. The molecule has 4 fully saturated rings. The average molecular weight is 716 g/mol. The fourth-order valence-corrected chi connectivity index (χ4v) is 9.39. The summed E-state index contributed by atoms with van der Waals surface area (Å²) in [6.07, 6.45) is 0.0812. The number of aliphatic hydroxyl groups excluding tert-OH is 3. The van der Waals surface area contributed by atoms with E-state index in [2.05, 4.69) is 49.6 Å². The Labute approximate surface area is 310 Å². The number of benzene rings is 3. The summed E-state index contributed by atoms with van der Waals surface area (Å²) in [5.74, 6) is 1.97. The first kappa shape index (κ1) is 38.7. The van der Waals surface area contributed by atoms with Gasteiger partial charge in [-0.1, -0.05) is 69.3 Å². The van der Waals surface area contributed by atoms with E-state index in [9.17, 15) is 15.3 Å². The molecule has 3 aromatic carbocycles. The van der Waals surface area contributed by atoms with Gasteiger partial charge in [0.1, 0.15) is 18.2 Å². The van der Waals surface area contributed by atoms with Gasteiger partial charge in [0.15, 0.2) is 0 Å². The Morgan fingerprint density at radius 3 is 2.42 bits per heavy atom. The zero-order valence-corrected chi connectivity index (χ0v) is 32.0. The molecule has 0 radical (unpaired) electrons. The van der Waals surface area contributed by atoms with Gasteiger partial charge in [-0.05, 0) is 84.2 Å². The lowest BCUT2D eigenvalue weighted by Crippen LogP contribution is -2.63. The molecule has 0 aromatic heterocycles. The smallest absolute Gasteiger partial charge is 0.131 e. The van der Waals surface area contributed by atoms with Crippen molar-refractivity contribution in [1.29, 1.82) is 0 Å². The normalized spacial score (nSPS) is 28.6. The van der Waals surface area contributed by atoms with Gasteiger partial charge in [-0.15, -0.1) is 0 Å². The number of hydroxylamine groups is 2. The molecule has 52 heavy (non-hydrogen) atoms. The highest BCUT2D eigenvalue weighted by atomic mass is 16.7. The molecule has 10 heteroatoms. The summed E-state index contributed by atoms with van der Waals surface area (Å²) >= 11 is 0. The van der Waals surface area contributed by atoms with Gasteiger partial charge >= 0.3 is 0 Å². The van der Waals surface area contributed by atoms with E-state index in [0.29, 0.717) is 42.0 Å². The monoisotopic (exact) mass is 715 g/mol. The zero-order valence-electron chi connectivity index (χ0n) is 32.0. The minimum atomic E-state index is -0.936. The van der Waals surface area contributed by atoms with Crippen molar-refractivity contribution in [2.24, 2.45) is 34.8 Å². The van der Waals surface area contributed by atoms with E-state index in [1.807, 2.05) is 67.5 Å². The van der Waals surface area contributed by atoms with Gasteiger partial charge in [0, 0.05) is 56.0 Å². The van der Waals surface area contributed by atoms with Gasteiger partial charge in [0.25, 0.3) is 0 Å². The number of rotatable bonds is 15. The molecule has 3 aliphatic carbocycles. The van der Waals surface area contributed by atoms with E-state index < -0.39 is 36.6 Å². The molecule has 10 nitrogen and oxygen atoms in total. The lowest BCUT2D eigenvalue weighted by molar-refractivity contribution is -0.187. The Bertz CT molecular complexity index is 1640. The Morgan fingerprint density at radius 2 is 1.79 bits per heavy atom. The van der Waals surface area contributed by atoms with Crippen LogP contribution in [0.15, 0.2) is 66.7 Å². The van der Waals surface area contributed by atoms with Crippen LogP contribution in [-0.2, 0) is 17.8 Å². The van der Waals surface area contributed by atoms with Gasteiger partial charge in [-0.2, -0.15) is 5.06 Å². The van der Waals surface area contributed by atoms with E-state index >= 15 is 0 Å². The van der Waals surface area contributed by atoms with E-state index in [4.69, 9.17) is 15.3 Å². The lowest BCUT2D eigenvalue weighted by Gasteiger charge is -2.62. The van der Waals surface area contributed by atoms with Crippen LogP contribution in [0, 0.1) is 29.1 Å². The van der Waals surface area contributed by atoms with Crippen LogP contribution < -0.4 is 26.0 Å². The standard InChI is InChI=1S/C42H61N5O5/c1-25-34-21-31(42(34,3)4)22-35(25)45-41(50)38-37(26(2)48)36(23-43)52-47(38)24-28-14-11-15-33(39(28)51-7)29-18-30(20-32(19-29)46(5)6)40(49)44-17-16-27-12-9-8-10-13-27/h8-15,18-20,25-26,31,34-38,40-41,44-45,48-50H,16-17,21-24,43H2,1-7H3/t25-,26-,31+,34-,35-,36-,37+,38-,40?,41?/m0/s1. The van der Waals surface area contributed by atoms with Crippen LogP contribution in [-0.4, -0.2) is 85.2 Å². The van der Waals surface area contributed by atoms with Crippen LogP contribution in [0.5, 0.6) is 5.75 Å². The predicted molar refractivity (Wildman–Crippen MR) is 206 cm³/mol. The van der Waals surface area contributed by atoms with E-state index in [1.54, 1.807) is 19.1 Å². The summed E-state index contributed by atoms with van der Waals surface area (Å²) in [5.41, 5.74) is 12.1. The van der Waals surface area contributed by atoms with Gasteiger partial charge in [-0.3, -0.25) is 15.5 Å². The van der Waals surface area contributed by atoms with Crippen LogP contribution in [0.1, 0.15) is 63.5 Å². The number of methoxy groups -OCH3 is 1. The van der Waals surface area contributed by atoms with Crippen molar-refractivity contribution in [2.45, 2.75) is 90.2 Å². The van der Waals surface area contributed by atoms with Gasteiger partial charge in [-0.25, -0.2) is 0 Å². The maximum Gasteiger partial charge on any atom is 0.131 e. The molecule has 1 saturated heterocycles. The molecule has 1 heterocycles. The highest BCUT2D eigenvalue weighted by molar-refractivity contribution is 5.76. The summed E-state index contributed by atoms with van der Waals surface area (Å²) < 4.78 is 6.12. The maximum atomic E-state index is 11.9. The number of nitrogens with zero attached hydrogens (tertiary/aromatic N) is 2. The Balaban J connectivity index is 1.25. The molecular formula is C42H61N5O5. The fraction of sp³-hybridized carbons (Fsp3) is 0.571. The minimum absolute atomic E-state index is 0.180. The van der Waals surface area contributed by atoms with Gasteiger partial charge < -0.3 is 30.7 Å². The number of fused-ring (bicyclic) bond motifs is 2. The number of hydrogen-bond donors (Lipinski definition) is 6. The minimum Gasteiger partial charge on any atom is -0.496 e. The van der Waals surface area contributed by atoms with Gasteiger partial charge in [0.05, 0.1) is 31.9 Å². The van der Waals surface area contributed by atoms with E-state index in [0.717, 1.165) is 40.8 Å². The van der Waals surface area contributed by atoms with E-state index in [1.165, 1.54) is 12.0 Å². The largest absolute Gasteiger partial charge is 0.496 e. The lowest BCUT2D eigenvalue weighted by atomic mass is 9.44. The van der Waals surface area contributed by atoms with Crippen molar-refractivity contribution >= 4 is 5.69 Å². The predicted octanol–water partition coefficient (Wildman–Crippen LogP) is 4.67. The highest BCUT2D eigenvalue weighted by Gasteiger charge is 2.57. The number of nitrogens with two attached hydrogens (primary N) is 1. The Morgan fingerprint density at radius 1 is 1.04 bits per heavy atom. The fourth-order valence-electron chi connectivity index (χ4n) is 9.39. The first-order chi connectivity index (χ1) is 24.8. The second-order valence-corrected chi connectivity index (χ2v) is 16.2. The van der Waals surface area contributed by atoms with Crippen molar-refractivity contribution in [2.75, 3.05) is 39.2 Å². The molecular weight excluding hydrogens is 654 g/mol. The number of aliphatic hydroxyl groups is 3. The molecule has 0 amide bonds. The highest BCUT2D eigenvalue weighted by Crippen LogP contribution is 2.61. The second kappa shape index (κ2) is 16.1. The van der Waals surface area contributed by atoms with Crippen molar-refractivity contribution in [3.05, 3.63) is 83.4 Å². The summed E-state index contributed by atoms with van der Waals surface area (Å²) in [6.45, 7) is 9.96. The summed E-state index contributed by atoms with van der Waals surface area (Å²) in [7, 11) is 5.64. The van der Waals surface area contributed by atoms with Crippen LogP contribution in [0.2, 0.25) is 0 Å². The third kappa shape index (κ3) is 7.77. The average Bonchev–Trinajstić information content (AvgIpc) is 3.51. The first-order valence-corrected chi connectivity index (χ1v) is 19.0. The number of para-hydroxylation sites is 1. The molecule has 3 aromatic rings. The summed E-state index contributed by atoms with van der Waals surface area (Å²) in [4.78, 5) is 8.49. The number of anilines is 1. The van der Waals surface area contributed by atoms with Crippen LogP contribution in [0.25, 0.3) is 11.1 Å². The molecule has 1 aliphatic heterocycles. The van der Waals surface area contributed by atoms with Crippen LogP contribution in [0.3, 0.4) is 0 Å². The maximum absolute atomic E-state index is 11.9. The van der Waals surface area contributed by atoms with Crippen molar-refractivity contribution in [3.8, 4) is 16.9 Å². The topological polar surface area (TPSA) is 136 Å². The quantitative estimate of drug-likeness (QED) is 0.123. The van der Waals surface area contributed by atoms with Crippen molar-refractivity contribution < 1.29 is 24.9 Å². The van der Waals surface area contributed by atoms with Crippen molar-refractivity contribution in [1.82, 2.24) is 15.7 Å². The molecule has 7 rings (SSSR count). The Kier molecular flexibility index (Phi) is 12.0. The first-order valence-electron chi connectivity index (χ1n) is 19.0. The molecule has 7 N–H and O–H groups in total. The zero-order chi connectivity index (χ0) is 37.3. The second-order valence-electron chi connectivity index (χ2n) is 16.2. The third-order valence-electron chi connectivity index (χ3n) is 12.6. The van der Waals surface area contributed by atoms with Crippen molar-refractivity contribution in [3.63, 3.8) is 0 Å². The molecule has 2 unspecified atom stereocenters. The SMILES string of the molecule is COc1c(CN2O[C@@H](CN)[C@@H]([C@H](C)O)[C@H]2C(O)N[C@H]2C[C@H]3C[C@@H]([C@@H]2C)C3(C)C)cccc1-c1cc(C(O)NCCc2ccccc2)cc(N(C)C)c1. The molecule has 3 saturated carbocycles. The van der Waals surface area contributed by atoms with Crippen LogP contribution >= 0.6 is 0 Å². The molecule has 4 aliphatic rings. The molecule has 0 spiro atoms. The molecule has 2 bridgehead atoms. The van der Waals surface area contributed by atoms with Crippen LogP contribution in [0.4, 0.5) is 5.69 Å². The Hall–Kier alpha value is -3.06. The summed E-state index contributed by atoms with van der Waals surface area (Å²) in [6, 6.07) is 22.0. The number of ether oxygens (including phenoxy) is 1. The summed E-state index contributed by atoms with van der Waals surface area (Å²) in [5, 5.41) is 42.9.